The van der Waals surface area contributed by atoms with Crippen LogP contribution in [0.3, 0.4) is 0 Å². The SMILES string of the molecule is O=c1ccc(CNc2cc(-c3ccccc3)nc3c(Br)cnn23)c[nH]1. The van der Waals surface area contributed by atoms with Crippen molar-refractivity contribution in [3.05, 3.63) is 81.3 Å². The normalized spacial score (nSPS) is 10.9. The van der Waals surface area contributed by atoms with Crippen molar-refractivity contribution < 1.29 is 0 Å². The smallest absolute Gasteiger partial charge is 0.247 e. The number of anilines is 1. The van der Waals surface area contributed by atoms with E-state index in [1.807, 2.05) is 36.4 Å². The molecule has 0 aliphatic heterocycles. The van der Waals surface area contributed by atoms with E-state index in [4.69, 9.17) is 4.98 Å². The molecule has 124 valence electrons. The predicted molar refractivity (Wildman–Crippen MR) is 101 cm³/mol. The van der Waals surface area contributed by atoms with Crippen LogP contribution >= 0.6 is 15.9 Å². The third-order valence-corrected chi connectivity index (χ3v) is 4.38. The molecular formula is C18H14BrN5O. The molecule has 0 saturated carbocycles. The Morgan fingerprint density at radius 1 is 1.16 bits per heavy atom. The molecule has 0 aliphatic carbocycles. The third kappa shape index (κ3) is 3.18. The third-order valence-electron chi connectivity index (χ3n) is 3.82. The second-order valence-electron chi connectivity index (χ2n) is 5.54. The predicted octanol–water partition coefficient (Wildman–Crippen LogP) is 3.46. The van der Waals surface area contributed by atoms with Crippen molar-refractivity contribution >= 4 is 27.4 Å². The summed E-state index contributed by atoms with van der Waals surface area (Å²) in [5.74, 6) is 0.820. The molecule has 1 aromatic carbocycles. The molecule has 0 unspecified atom stereocenters. The van der Waals surface area contributed by atoms with E-state index < -0.39 is 0 Å². The van der Waals surface area contributed by atoms with Crippen LogP contribution in [0.4, 0.5) is 5.82 Å². The van der Waals surface area contributed by atoms with Crippen molar-refractivity contribution in [2.75, 3.05) is 5.32 Å². The lowest BCUT2D eigenvalue weighted by molar-refractivity contribution is 0.925. The van der Waals surface area contributed by atoms with Crippen LogP contribution in [0.5, 0.6) is 0 Å². The maximum Gasteiger partial charge on any atom is 0.247 e. The molecule has 0 fully saturated rings. The molecule has 0 spiro atoms. The van der Waals surface area contributed by atoms with E-state index in [1.165, 1.54) is 6.07 Å². The number of hydrogen-bond donors (Lipinski definition) is 2. The van der Waals surface area contributed by atoms with E-state index in [-0.39, 0.29) is 5.56 Å². The molecule has 0 amide bonds. The lowest BCUT2D eigenvalue weighted by atomic mass is 10.1. The summed E-state index contributed by atoms with van der Waals surface area (Å²) in [5, 5.41) is 7.73. The fourth-order valence-corrected chi connectivity index (χ4v) is 2.91. The summed E-state index contributed by atoms with van der Waals surface area (Å²) in [6.07, 6.45) is 3.42. The van der Waals surface area contributed by atoms with Crippen molar-refractivity contribution in [2.24, 2.45) is 0 Å². The first-order valence-electron chi connectivity index (χ1n) is 7.72. The van der Waals surface area contributed by atoms with Crippen LogP contribution in [-0.2, 0) is 6.54 Å². The van der Waals surface area contributed by atoms with E-state index in [0.717, 1.165) is 32.8 Å². The zero-order valence-electron chi connectivity index (χ0n) is 13.1. The fourth-order valence-electron chi connectivity index (χ4n) is 2.56. The average Bonchev–Trinajstić information content (AvgIpc) is 3.03. The van der Waals surface area contributed by atoms with E-state index >= 15 is 0 Å². The highest BCUT2D eigenvalue weighted by Gasteiger charge is 2.11. The first-order valence-corrected chi connectivity index (χ1v) is 8.51. The van der Waals surface area contributed by atoms with Crippen molar-refractivity contribution in [1.82, 2.24) is 19.6 Å². The molecule has 3 aromatic heterocycles. The average molecular weight is 396 g/mol. The van der Waals surface area contributed by atoms with Crippen molar-refractivity contribution in [3.8, 4) is 11.3 Å². The maximum atomic E-state index is 11.2. The summed E-state index contributed by atoms with van der Waals surface area (Å²) in [6.45, 7) is 0.557. The quantitative estimate of drug-likeness (QED) is 0.554. The standard InChI is InChI=1S/C18H14BrN5O/c19-14-11-22-24-16(20-9-12-6-7-17(25)21-10-12)8-15(23-18(14)24)13-4-2-1-3-5-13/h1-8,10-11,20H,9H2,(H,21,25). The number of H-pyrrole nitrogens is 1. The minimum absolute atomic E-state index is 0.113. The zero-order valence-corrected chi connectivity index (χ0v) is 14.7. The largest absolute Gasteiger partial charge is 0.366 e. The van der Waals surface area contributed by atoms with Gasteiger partial charge in [-0.1, -0.05) is 36.4 Å². The fraction of sp³-hybridized carbons (Fsp3) is 0.0556. The van der Waals surface area contributed by atoms with Gasteiger partial charge >= 0.3 is 0 Å². The van der Waals surface area contributed by atoms with Crippen molar-refractivity contribution in [2.45, 2.75) is 6.54 Å². The molecule has 3 heterocycles. The van der Waals surface area contributed by atoms with Gasteiger partial charge in [-0.15, -0.1) is 0 Å². The second kappa shape index (κ2) is 6.52. The van der Waals surface area contributed by atoms with Crippen LogP contribution in [0.25, 0.3) is 16.9 Å². The van der Waals surface area contributed by atoms with Gasteiger partial charge in [-0.2, -0.15) is 9.61 Å². The van der Waals surface area contributed by atoms with Crippen molar-refractivity contribution in [1.29, 1.82) is 0 Å². The van der Waals surface area contributed by atoms with E-state index in [1.54, 1.807) is 23.0 Å². The van der Waals surface area contributed by atoms with E-state index in [2.05, 4.69) is 31.3 Å². The summed E-state index contributed by atoms with van der Waals surface area (Å²) >= 11 is 3.50. The van der Waals surface area contributed by atoms with Gasteiger partial charge in [0.2, 0.25) is 5.56 Å². The summed E-state index contributed by atoms with van der Waals surface area (Å²) in [6, 6.07) is 15.3. The van der Waals surface area contributed by atoms with E-state index in [9.17, 15) is 4.79 Å². The van der Waals surface area contributed by atoms with Gasteiger partial charge in [0.05, 0.1) is 16.4 Å². The van der Waals surface area contributed by atoms with Gasteiger partial charge in [-0.05, 0) is 21.5 Å². The van der Waals surface area contributed by atoms with Gasteiger partial charge in [0, 0.05) is 30.4 Å². The first kappa shape index (κ1) is 15.6. The molecule has 4 aromatic rings. The molecule has 6 nitrogen and oxygen atoms in total. The number of aromatic amines is 1. The molecular weight excluding hydrogens is 382 g/mol. The lowest BCUT2D eigenvalue weighted by Crippen LogP contribution is -2.09. The molecule has 25 heavy (non-hydrogen) atoms. The van der Waals surface area contributed by atoms with Gasteiger partial charge in [0.15, 0.2) is 5.65 Å². The molecule has 0 radical (unpaired) electrons. The van der Waals surface area contributed by atoms with Crippen LogP contribution in [0.15, 0.2) is 70.2 Å². The Morgan fingerprint density at radius 2 is 2.00 bits per heavy atom. The number of fused-ring (bicyclic) bond motifs is 1. The number of nitrogens with one attached hydrogen (secondary N) is 2. The molecule has 0 aliphatic rings. The molecule has 4 rings (SSSR count). The monoisotopic (exact) mass is 395 g/mol. The molecule has 0 saturated heterocycles. The highest BCUT2D eigenvalue weighted by molar-refractivity contribution is 9.10. The summed E-state index contributed by atoms with van der Waals surface area (Å²) < 4.78 is 2.58. The van der Waals surface area contributed by atoms with Gasteiger partial charge < -0.3 is 10.3 Å². The second-order valence-corrected chi connectivity index (χ2v) is 6.39. The Hall–Kier alpha value is -2.93. The molecule has 0 atom stereocenters. The first-order chi connectivity index (χ1) is 12.2. The Balaban J connectivity index is 1.74. The van der Waals surface area contributed by atoms with Crippen LogP contribution in [0.1, 0.15) is 5.56 Å². The number of aromatic nitrogens is 4. The summed E-state index contributed by atoms with van der Waals surface area (Å²) in [5.41, 5.74) is 3.49. The number of hydrogen-bond acceptors (Lipinski definition) is 4. The molecule has 7 heteroatoms. The maximum absolute atomic E-state index is 11.2. The van der Waals surface area contributed by atoms with Gasteiger partial charge in [-0.25, -0.2) is 4.98 Å². The Morgan fingerprint density at radius 3 is 2.76 bits per heavy atom. The summed E-state index contributed by atoms with van der Waals surface area (Å²) in [7, 11) is 0. The Bertz CT molecular complexity index is 1070. The molecule has 0 bridgehead atoms. The zero-order chi connectivity index (χ0) is 17.2. The van der Waals surface area contributed by atoms with Crippen LogP contribution in [0.2, 0.25) is 0 Å². The van der Waals surface area contributed by atoms with Crippen LogP contribution in [-0.4, -0.2) is 19.6 Å². The minimum Gasteiger partial charge on any atom is -0.366 e. The number of halogens is 1. The Labute approximate surface area is 151 Å². The summed E-state index contributed by atoms with van der Waals surface area (Å²) in [4.78, 5) is 18.5. The lowest BCUT2D eigenvalue weighted by Gasteiger charge is -2.11. The topological polar surface area (TPSA) is 75.1 Å². The van der Waals surface area contributed by atoms with Crippen molar-refractivity contribution in [3.63, 3.8) is 0 Å². The van der Waals surface area contributed by atoms with E-state index in [0.29, 0.717) is 6.54 Å². The number of nitrogens with zero attached hydrogens (tertiary/aromatic N) is 3. The van der Waals surface area contributed by atoms with Gasteiger partial charge in [0.1, 0.15) is 5.82 Å². The molecule has 2 N–H and O–H groups in total. The van der Waals surface area contributed by atoms with Crippen LogP contribution < -0.4 is 10.9 Å². The highest BCUT2D eigenvalue weighted by Crippen LogP contribution is 2.25. The van der Waals surface area contributed by atoms with Gasteiger partial charge in [0.25, 0.3) is 0 Å². The van der Waals surface area contributed by atoms with Gasteiger partial charge in [-0.3, -0.25) is 4.79 Å². The Kier molecular flexibility index (Phi) is 4.07. The number of pyridine rings is 1. The minimum atomic E-state index is -0.113. The number of benzene rings is 1. The number of rotatable bonds is 4. The highest BCUT2D eigenvalue weighted by atomic mass is 79.9. The van der Waals surface area contributed by atoms with Crippen LogP contribution in [0, 0.1) is 0 Å².